The molecule has 0 bridgehead atoms. The van der Waals surface area contributed by atoms with Crippen molar-refractivity contribution in [3.8, 4) is 0 Å². The van der Waals surface area contributed by atoms with E-state index in [0.717, 1.165) is 55.8 Å². The van der Waals surface area contributed by atoms with E-state index in [4.69, 9.17) is 4.98 Å². The molecule has 7 nitrogen and oxygen atoms in total. The minimum atomic E-state index is 0.484. The van der Waals surface area contributed by atoms with Crippen LogP contribution in [0, 0.1) is 0 Å². The predicted octanol–water partition coefficient (Wildman–Crippen LogP) is 3.44. The van der Waals surface area contributed by atoms with Crippen molar-refractivity contribution in [2.24, 2.45) is 0 Å². The van der Waals surface area contributed by atoms with Gasteiger partial charge < -0.3 is 9.47 Å². The van der Waals surface area contributed by atoms with Gasteiger partial charge in [-0.2, -0.15) is 14.6 Å². The molecule has 1 aromatic carbocycles. The van der Waals surface area contributed by atoms with Crippen LogP contribution in [0.4, 0.5) is 5.82 Å². The van der Waals surface area contributed by atoms with Gasteiger partial charge in [-0.1, -0.05) is 26.0 Å². The summed E-state index contributed by atoms with van der Waals surface area (Å²) in [7, 11) is 0. The zero-order chi connectivity index (χ0) is 19.1. The van der Waals surface area contributed by atoms with Crippen molar-refractivity contribution >= 4 is 22.6 Å². The van der Waals surface area contributed by atoms with Crippen LogP contribution in [0.1, 0.15) is 44.2 Å². The third-order valence-electron chi connectivity index (χ3n) is 5.79. The Kier molecular flexibility index (Phi) is 4.22. The van der Waals surface area contributed by atoms with E-state index in [1.54, 1.807) is 6.33 Å². The first kappa shape index (κ1) is 17.2. The molecule has 0 saturated carbocycles. The number of para-hydroxylation sites is 2. The van der Waals surface area contributed by atoms with E-state index in [9.17, 15) is 0 Å². The van der Waals surface area contributed by atoms with Crippen molar-refractivity contribution in [1.29, 1.82) is 0 Å². The Bertz CT molecular complexity index is 1120. The van der Waals surface area contributed by atoms with Crippen LogP contribution >= 0.6 is 0 Å². The van der Waals surface area contributed by atoms with Crippen LogP contribution < -0.4 is 4.90 Å². The molecule has 144 valence electrons. The van der Waals surface area contributed by atoms with Crippen molar-refractivity contribution in [3.63, 3.8) is 0 Å². The van der Waals surface area contributed by atoms with Crippen molar-refractivity contribution in [2.45, 2.75) is 45.6 Å². The molecule has 1 aliphatic rings. The van der Waals surface area contributed by atoms with Crippen LogP contribution in [-0.2, 0) is 12.8 Å². The Morgan fingerprint density at radius 1 is 1.04 bits per heavy atom. The number of hydrogen-bond donors (Lipinski definition) is 0. The standard InChI is InChI=1S/C21H25N7/c1-3-15-13-20(28-21(24-15)22-14-23-28)26-11-9-16(10-12-26)27-18-8-6-5-7-17(18)25-19(27)4-2/h5-8,13-14,16H,3-4,9-12H2,1-2H3. The monoisotopic (exact) mass is 375 g/mol. The van der Waals surface area contributed by atoms with Crippen LogP contribution in [0.15, 0.2) is 36.7 Å². The number of aromatic nitrogens is 6. The lowest BCUT2D eigenvalue weighted by atomic mass is 10.0. The Morgan fingerprint density at radius 3 is 2.64 bits per heavy atom. The summed E-state index contributed by atoms with van der Waals surface area (Å²) < 4.78 is 4.34. The molecule has 0 radical (unpaired) electrons. The third kappa shape index (κ3) is 2.73. The summed E-state index contributed by atoms with van der Waals surface area (Å²) in [6.45, 7) is 6.30. The first-order valence-electron chi connectivity index (χ1n) is 10.2. The van der Waals surface area contributed by atoms with Gasteiger partial charge >= 0.3 is 0 Å². The van der Waals surface area contributed by atoms with Gasteiger partial charge in [0.05, 0.1) is 11.0 Å². The maximum Gasteiger partial charge on any atom is 0.254 e. The summed E-state index contributed by atoms with van der Waals surface area (Å²) >= 11 is 0. The van der Waals surface area contributed by atoms with Crippen molar-refractivity contribution in [2.75, 3.05) is 18.0 Å². The molecule has 1 saturated heterocycles. The number of piperidine rings is 1. The Balaban J connectivity index is 1.44. The fourth-order valence-corrected chi connectivity index (χ4v) is 4.35. The molecule has 1 aliphatic heterocycles. The second-order valence-corrected chi connectivity index (χ2v) is 7.39. The molecule has 0 atom stereocenters. The van der Waals surface area contributed by atoms with Crippen molar-refractivity contribution < 1.29 is 0 Å². The van der Waals surface area contributed by atoms with Crippen molar-refractivity contribution in [3.05, 3.63) is 48.2 Å². The molecular weight excluding hydrogens is 350 g/mol. The molecule has 0 spiro atoms. The molecule has 0 aliphatic carbocycles. The molecule has 0 amide bonds. The normalized spacial score (nSPS) is 15.7. The number of hydrogen-bond acceptors (Lipinski definition) is 5. The molecule has 7 heteroatoms. The van der Waals surface area contributed by atoms with E-state index in [1.165, 1.54) is 11.3 Å². The Hall–Kier alpha value is -2.96. The highest BCUT2D eigenvalue weighted by Crippen LogP contribution is 2.31. The summed E-state index contributed by atoms with van der Waals surface area (Å²) in [6.07, 6.45) is 5.62. The largest absolute Gasteiger partial charge is 0.356 e. The number of benzene rings is 1. The first-order valence-corrected chi connectivity index (χ1v) is 10.2. The van der Waals surface area contributed by atoms with E-state index in [-0.39, 0.29) is 0 Å². The van der Waals surface area contributed by atoms with Crippen LogP contribution in [0.25, 0.3) is 16.8 Å². The van der Waals surface area contributed by atoms with E-state index in [1.807, 2.05) is 4.52 Å². The maximum atomic E-state index is 4.86. The summed E-state index contributed by atoms with van der Waals surface area (Å²) in [6, 6.07) is 11.1. The zero-order valence-electron chi connectivity index (χ0n) is 16.4. The van der Waals surface area contributed by atoms with Gasteiger partial charge in [0.25, 0.3) is 5.78 Å². The third-order valence-corrected chi connectivity index (χ3v) is 5.79. The van der Waals surface area contributed by atoms with Gasteiger partial charge in [-0.05, 0) is 31.4 Å². The predicted molar refractivity (Wildman–Crippen MR) is 110 cm³/mol. The first-order chi connectivity index (χ1) is 13.8. The highest BCUT2D eigenvalue weighted by molar-refractivity contribution is 5.76. The van der Waals surface area contributed by atoms with Crippen LogP contribution in [0.3, 0.4) is 0 Å². The molecule has 5 rings (SSSR count). The number of aryl methyl sites for hydroxylation is 2. The molecule has 28 heavy (non-hydrogen) atoms. The quantitative estimate of drug-likeness (QED) is 0.547. The van der Waals surface area contributed by atoms with E-state index in [2.05, 4.69) is 68.7 Å². The smallest absolute Gasteiger partial charge is 0.254 e. The Labute approximate surface area is 164 Å². The number of rotatable bonds is 4. The maximum absolute atomic E-state index is 4.86. The topological polar surface area (TPSA) is 64.1 Å². The average Bonchev–Trinajstić information content (AvgIpc) is 3.37. The van der Waals surface area contributed by atoms with Crippen molar-refractivity contribution in [1.82, 2.24) is 29.1 Å². The zero-order valence-corrected chi connectivity index (χ0v) is 16.4. The fourth-order valence-electron chi connectivity index (χ4n) is 4.35. The van der Waals surface area contributed by atoms with Crippen LogP contribution in [-0.4, -0.2) is 42.2 Å². The van der Waals surface area contributed by atoms with E-state index in [0.29, 0.717) is 11.8 Å². The van der Waals surface area contributed by atoms with Gasteiger partial charge in [0.15, 0.2) is 0 Å². The van der Waals surface area contributed by atoms with Gasteiger partial charge in [-0.3, -0.25) is 0 Å². The molecule has 4 aromatic rings. The van der Waals surface area contributed by atoms with Gasteiger partial charge in [0.1, 0.15) is 18.0 Å². The lowest BCUT2D eigenvalue weighted by Crippen LogP contribution is -2.36. The van der Waals surface area contributed by atoms with Gasteiger partial charge in [-0.15, -0.1) is 0 Å². The second kappa shape index (κ2) is 6.89. The second-order valence-electron chi connectivity index (χ2n) is 7.39. The molecule has 0 unspecified atom stereocenters. The molecular formula is C21H25N7. The van der Waals surface area contributed by atoms with Gasteiger partial charge in [-0.25, -0.2) is 9.97 Å². The minimum Gasteiger partial charge on any atom is -0.356 e. The average molecular weight is 375 g/mol. The lowest BCUT2D eigenvalue weighted by Gasteiger charge is -2.35. The van der Waals surface area contributed by atoms with Crippen LogP contribution in [0.5, 0.6) is 0 Å². The highest BCUT2D eigenvalue weighted by atomic mass is 15.4. The SMILES string of the molecule is CCc1cc(N2CCC(n3c(CC)nc4ccccc43)CC2)n2ncnc2n1. The Morgan fingerprint density at radius 2 is 1.86 bits per heavy atom. The number of imidazole rings is 1. The molecule has 4 heterocycles. The number of nitrogens with zero attached hydrogens (tertiary/aromatic N) is 7. The molecule has 1 fully saturated rings. The van der Waals surface area contributed by atoms with E-state index >= 15 is 0 Å². The summed E-state index contributed by atoms with van der Waals surface area (Å²) in [4.78, 5) is 16.1. The highest BCUT2D eigenvalue weighted by Gasteiger charge is 2.25. The van der Waals surface area contributed by atoms with Crippen LogP contribution in [0.2, 0.25) is 0 Å². The van der Waals surface area contributed by atoms with E-state index < -0.39 is 0 Å². The molecule has 3 aromatic heterocycles. The van der Waals surface area contributed by atoms with Gasteiger partial charge in [0.2, 0.25) is 0 Å². The fraction of sp³-hybridized carbons (Fsp3) is 0.429. The summed E-state index contributed by atoms with van der Waals surface area (Å²) in [5, 5.41) is 4.39. The number of anilines is 1. The summed E-state index contributed by atoms with van der Waals surface area (Å²) in [5.41, 5.74) is 3.42. The number of fused-ring (bicyclic) bond motifs is 2. The lowest BCUT2D eigenvalue weighted by molar-refractivity contribution is 0.393. The summed E-state index contributed by atoms with van der Waals surface area (Å²) in [5.74, 6) is 2.98. The minimum absolute atomic E-state index is 0.484. The molecule has 0 N–H and O–H groups in total. The van der Waals surface area contributed by atoms with Gasteiger partial charge in [0, 0.05) is 37.3 Å².